The fourth-order valence-electron chi connectivity index (χ4n) is 2.18. The van der Waals surface area contributed by atoms with E-state index in [2.05, 4.69) is 15.4 Å². The van der Waals surface area contributed by atoms with E-state index < -0.39 is 0 Å². The Bertz CT molecular complexity index is 739. The molecule has 2 heterocycles. The molecule has 19 heavy (non-hydrogen) atoms. The van der Waals surface area contributed by atoms with Gasteiger partial charge in [0.25, 0.3) is 0 Å². The minimum Gasteiger partial charge on any atom is -0.394 e. The summed E-state index contributed by atoms with van der Waals surface area (Å²) in [6.45, 7) is 1.90. The van der Waals surface area contributed by atoms with Crippen LogP contribution in [0.3, 0.4) is 0 Å². The molecule has 3 rings (SSSR count). The number of aryl methyl sites for hydroxylation is 2. The van der Waals surface area contributed by atoms with E-state index in [1.165, 1.54) is 0 Å². The maximum atomic E-state index is 6.04. The number of nitrogen functional groups attached to an aromatic ring is 1. The summed E-state index contributed by atoms with van der Waals surface area (Å²) in [6, 6.07) is 8.03. The van der Waals surface area contributed by atoms with E-state index in [-0.39, 0.29) is 0 Å². The first-order valence-corrected chi connectivity index (χ1v) is 6.05. The summed E-state index contributed by atoms with van der Waals surface area (Å²) >= 11 is 0. The zero-order valence-electron chi connectivity index (χ0n) is 10.9. The molecule has 0 atom stereocenters. The highest BCUT2D eigenvalue weighted by molar-refractivity contribution is 5.95. The fourth-order valence-corrected chi connectivity index (χ4v) is 2.18. The van der Waals surface area contributed by atoms with Crippen LogP contribution in [0.1, 0.15) is 5.69 Å². The number of nitrogens with two attached hydrogens (primary N) is 1. The predicted molar refractivity (Wildman–Crippen MR) is 77.4 cm³/mol. The maximum Gasteiger partial charge on any atom is 0.152 e. The molecule has 0 saturated heterocycles. The first-order valence-electron chi connectivity index (χ1n) is 6.05. The lowest BCUT2D eigenvalue weighted by atomic mass is 10.1. The van der Waals surface area contributed by atoms with Gasteiger partial charge in [-0.2, -0.15) is 5.10 Å². The van der Waals surface area contributed by atoms with Gasteiger partial charge in [0, 0.05) is 35.9 Å². The Morgan fingerprint density at radius 3 is 2.84 bits per heavy atom. The standard InChI is InChI=1S/C14H15N5/c1-9-13(15)14(19(2)18-9)17-12-5-3-4-10-8-16-7-6-11(10)12/h3-8,17H,15H2,1-2H3. The monoisotopic (exact) mass is 253 g/mol. The van der Waals surface area contributed by atoms with Crippen LogP contribution in [0, 0.1) is 6.92 Å². The molecule has 0 aliphatic carbocycles. The van der Waals surface area contributed by atoms with Gasteiger partial charge in [-0.05, 0) is 19.1 Å². The minimum atomic E-state index is 0.675. The van der Waals surface area contributed by atoms with E-state index in [1.807, 2.05) is 44.4 Å². The van der Waals surface area contributed by atoms with Gasteiger partial charge in [-0.1, -0.05) is 12.1 Å². The molecular weight excluding hydrogens is 238 g/mol. The molecule has 2 aromatic heterocycles. The van der Waals surface area contributed by atoms with E-state index in [9.17, 15) is 0 Å². The van der Waals surface area contributed by atoms with Crippen molar-refractivity contribution >= 4 is 28.0 Å². The van der Waals surface area contributed by atoms with Crippen LogP contribution in [0.15, 0.2) is 36.7 Å². The smallest absolute Gasteiger partial charge is 0.152 e. The van der Waals surface area contributed by atoms with Crippen molar-refractivity contribution in [1.82, 2.24) is 14.8 Å². The summed E-state index contributed by atoms with van der Waals surface area (Å²) < 4.78 is 1.75. The quantitative estimate of drug-likeness (QED) is 0.736. The van der Waals surface area contributed by atoms with E-state index >= 15 is 0 Å². The molecule has 0 radical (unpaired) electrons. The molecule has 0 amide bonds. The van der Waals surface area contributed by atoms with Crippen molar-refractivity contribution in [2.75, 3.05) is 11.1 Å². The number of anilines is 3. The van der Waals surface area contributed by atoms with Crippen LogP contribution in [0.5, 0.6) is 0 Å². The molecule has 0 unspecified atom stereocenters. The summed E-state index contributed by atoms with van der Waals surface area (Å²) in [6.07, 6.45) is 3.63. The van der Waals surface area contributed by atoms with Crippen LogP contribution < -0.4 is 11.1 Å². The second-order valence-electron chi connectivity index (χ2n) is 4.50. The molecule has 5 nitrogen and oxygen atoms in total. The topological polar surface area (TPSA) is 68.8 Å². The highest BCUT2D eigenvalue weighted by atomic mass is 15.3. The Labute approximate surface area is 111 Å². The van der Waals surface area contributed by atoms with Gasteiger partial charge in [0.1, 0.15) is 0 Å². The van der Waals surface area contributed by atoms with E-state index in [1.54, 1.807) is 10.9 Å². The molecule has 3 N–H and O–H groups in total. The molecule has 96 valence electrons. The highest BCUT2D eigenvalue weighted by Gasteiger charge is 2.11. The van der Waals surface area contributed by atoms with Gasteiger partial charge in [0.2, 0.25) is 0 Å². The van der Waals surface area contributed by atoms with Gasteiger partial charge in [-0.15, -0.1) is 0 Å². The number of hydrogen-bond acceptors (Lipinski definition) is 4. The first kappa shape index (κ1) is 11.5. The van der Waals surface area contributed by atoms with Gasteiger partial charge >= 0.3 is 0 Å². The summed E-state index contributed by atoms with van der Waals surface area (Å²) in [5.41, 5.74) is 8.53. The number of pyridine rings is 1. The van der Waals surface area contributed by atoms with Crippen molar-refractivity contribution in [3.8, 4) is 0 Å². The average molecular weight is 253 g/mol. The number of fused-ring (bicyclic) bond motifs is 1. The zero-order valence-corrected chi connectivity index (χ0v) is 10.9. The van der Waals surface area contributed by atoms with Gasteiger partial charge in [-0.25, -0.2) is 0 Å². The number of aromatic nitrogens is 3. The Morgan fingerprint density at radius 2 is 2.11 bits per heavy atom. The van der Waals surface area contributed by atoms with Crippen LogP contribution in [0.4, 0.5) is 17.2 Å². The molecule has 5 heteroatoms. The normalized spacial score (nSPS) is 10.8. The van der Waals surface area contributed by atoms with E-state index in [0.717, 1.165) is 28.0 Å². The summed E-state index contributed by atoms with van der Waals surface area (Å²) in [5.74, 6) is 0.807. The van der Waals surface area contributed by atoms with Crippen molar-refractivity contribution in [1.29, 1.82) is 0 Å². The van der Waals surface area contributed by atoms with Gasteiger partial charge in [-0.3, -0.25) is 9.67 Å². The molecule has 3 aromatic rings. The molecule has 0 aliphatic rings. The number of rotatable bonds is 2. The summed E-state index contributed by atoms with van der Waals surface area (Å²) in [7, 11) is 1.87. The third kappa shape index (κ3) is 1.89. The molecule has 0 spiro atoms. The van der Waals surface area contributed by atoms with Crippen molar-refractivity contribution in [3.63, 3.8) is 0 Å². The average Bonchev–Trinajstić information content (AvgIpc) is 2.66. The summed E-state index contributed by atoms with van der Waals surface area (Å²) in [5, 5.41) is 9.85. The lowest BCUT2D eigenvalue weighted by Gasteiger charge is -2.10. The molecule has 0 fully saturated rings. The van der Waals surface area contributed by atoms with Crippen molar-refractivity contribution in [3.05, 3.63) is 42.4 Å². The second-order valence-corrected chi connectivity index (χ2v) is 4.50. The van der Waals surface area contributed by atoms with E-state index in [4.69, 9.17) is 5.73 Å². The lowest BCUT2D eigenvalue weighted by molar-refractivity contribution is 0.765. The molecule has 0 saturated carbocycles. The predicted octanol–water partition coefficient (Wildman–Crippen LogP) is 2.60. The summed E-state index contributed by atoms with van der Waals surface area (Å²) in [4.78, 5) is 4.13. The second kappa shape index (κ2) is 4.28. The Balaban J connectivity index is 2.11. The van der Waals surface area contributed by atoms with Crippen LogP contribution in [-0.2, 0) is 7.05 Å². The van der Waals surface area contributed by atoms with Crippen LogP contribution in [0.2, 0.25) is 0 Å². The van der Waals surface area contributed by atoms with Crippen molar-refractivity contribution < 1.29 is 0 Å². The largest absolute Gasteiger partial charge is 0.394 e. The molecular formula is C14H15N5. The van der Waals surface area contributed by atoms with Gasteiger partial charge in [0.15, 0.2) is 5.82 Å². The molecule has 1 aromatic carbocycles. The number of benzene rings is 1. The molecule has 0 aliphatic heterocycles. The van der Waals surface area contributed by atoms with Crippen molar-refractivity contribution in [2.24, 2.45) is 7.05 Å². The maximum absolute atomic E-state index is 6.04. The van der Waals surface area contributed by atoms with Crippen LogP contribution in [0.25, 0.3) is 10.8 Å². The zero-order chi connectivity index (χ0) is 13.4. The van der Waals surface area contributed by atoms with Gasteiger partial charge in [0.05, 0.1) is 11.4 Å². The van der Waals surface area contributed by atoms with E-state index in [0.29, 0.717) is 5.69 Å². The van der Waals surface area contributed by atoms with Crippen LogP contribution in [-0.4, -0.2) is 14.8 Å². The van der Waals surface area contributed by atoms with Crippen molar-refractivity contribution in [2.45, 2.75) is 6.92 Å². The SMILES string of the molecule is Cc1nn(C)c(Nc2cccc3cnccc23)c1N. The third-order valence-electron chi connectivity index (χ3n) is 3.20. The highest BCUT2D eigenvalue weighted by Crippen LogP contribution is 2.29. The Kier molecular flexibility index (Phi) is 2.59. The Morgan fingerprint density at radius 1 is 1.26 bits per heavy atom. The Hall–Kier alpha value is -2.56. The van der Waals surface area contributed by atoms with Gasteiger partial charge < -0.3 is 11.1 Å². The number of nitrogens with zero attached hydrogens (tertiary/aromatic N) is 3. The number of nitrogens with one attached hydrogen (secondary N) is 1. The fraction of sp³-hybridized carbons (Fsp3) is 0.143. The first-order chi connectivity index (χ1) is 9.16. The van der Waals surface area contributed by atoms with Crippen LogP contribution >= 0.6 is 0 Å². The number of hydrogen-bond donors (Lipinski definition) is 2. The molecule has 0 bridgehead atoms. The lowest BCUT2D eigenvalue weighted by Crippen LogP contribution is -2.01. The third-order valence-corrected chi connectivity index (χ3v) is 3.20. The minimum absolute atomic E-state index is 0.675.